The van der Waals surface area contributed by atoms with Crippen molar-refractivity contribution in [3.63, 3.8) is 0 Å². The molecule has 0 bridgehead atoms. The van der Waals surface area contributed by atoms with Crippen LogP contribution < -0.4 is 10.6 Å². The zero-order chi connectivity index (χ0) is 16.1. The van der Waals surface area contributed by atoms with E-state index in [1.807, 2.05) is 0 Å². The highest BCUT2D eigenvalue weighted by Gasteiger charge is 2.15. The SMILES string of the molecule is O=C(Nc1ccccc1Cl)c1cnc(NCC2CCCO2)cn1. The van der Waals surface area contributed by atoms with Gasteiger partial charge in [0.25, 0.3) is 5.91 Å². The molecule has 3 rings (SSSR count). The minimum atomic E-state index is -0.351. The predicted molar refractivity (Wildman–Crippen MR) is 88.9 cm³/mol. The lowest BCUT2D eigenvalue weighted by Gasteiger charge is -2.11. The van der Waals surface area contributed by atoms with Crippen LogP contribution in [0.15, 0.2) is 36.7 Å². The van der Waals surface area contributed by atoms with Gasteiger partial charge in [-0.25, -0.2) is 9.97 Å². The molecule has 2 aromatic rings. The molecule has 1 aromatic heterocycles. The molecule has 2 N–H and O–H groups in total. The van der Waals surface area contributed by atoms with E-state index in [0.29, 0.717) is 23.1 Å². The summed E-state index contributed by atoms with van der Waals surface area (Å²) in [6.45, 7) is 1.51. The van der Waals surface area contributed by atoms with Crippen LogP contribution in [0.5, 0.6) is 0 Å². The van der Waals surface area contributed by atoms with Gasteiger partial charge in [-0.3, -0.25) is 4.79 Å². The normalized spacial score (nSPS) is 17.0. The van der Waals surface area contributed by atoms with Crippen LogP contribution in [0.4, 0.5) is 11.5 Å². The highest BCUT2D eigenvalue weighted by Crippen LogP contribution is 2.21. The average molecular weight is 333 g/mol. The Hall–Kier alpha value is -2.18. The van der Waals surface area contributed by atoms with E-state index < -0.39 is 0 Å². The second-order valence-corrected chi connectivity index (χ2v) is 5.64. The van der Waals surface area contributed by atoms with Gasteiger partial charge in [-0.2, -0.15) is 0 Å². The highest BCUT2D eigenvalue weighted by molar-refractivity contribution is 6.33. The number of amides is 1. The molecule has 1 fully saturated rings. The van der Waals surface area contributed by atoms with E-state index in [9.17, 15) is 4.79 Å². The van der Waals surface area contributed by atoms with Gasteiger partial charge in [0.15, 0.2) is 0 Å². The molecule has 1 atom stereocenters. The summed E-state index contributed by atoms with van der Waals surface area (Å²) in [7, 11) is 0. The predicted octanol–water partition coefficient (Wildman–Crippen LogP) is 2.97. The molecule has 0 spiro atoms. The molecular formula is C16H17ClN4O2. The van der Waals surface area contributed by atoms with Gasteiger partial charge >= 0.3 is 0 Å². The summed E-state index contributed by atoms with van der Waals surface area (Å²) in [6.07, 6.45) is 5.35. The van der Waals surface area contributed by atoms with Crippen LogP contribution in [0.25, 0.3) is 0 Å². The Bertz CT molecular complexity index is 672. The van der Waals surface area contributed by atoms with E-state index in [1.54, 1.807) is 24.3 Å². The van der Waals surface area contributed by atoms with Gasteiger partial charge in [-0.05, 0) is 25.0 Å². The number of hydrogen-bond donors (Lipinski definition) is 2. The second kappa shape index (κ2) is 7.39. The van der Waals surface area contributed by atoms with Gasteiger partial charge in [0.1, 0.15) is 11.5 Å². The number of aromatic nitrogens is 2. The van der Waals surface area contributed by atoms with Gasteiger partial charge in [-0.15, -0.1) is 0 Å². The molecule has 0 aliphatic carbocycles. The lowest BCUT2D eigenvalue weighted by molar-refractivity contribution is 0.102. The number of carbonyl (C=O) groups excluding carboxylic acids is 1. The van der Waals surface area contributed by atoms with Gasteiger partial charge in [-0.1, -0.05) is 23.7 Å². The van der Waals surface area contributed by atoms with Crippen molar-refractivity contribution in [1.82, 2.24) is 9.97 Å². The Morgan fingerprint density at radius 1 is 1.30 bits per heavy atom. The first-order chi connectivity index (χ1) is 11.2. The lowest BCUT2D eigenvalue weighted by atomic mass is 10.2. The molecule has 2 heterocycles. The zero-order valence-electron chi connectivity index (χ0n) is 12.5. The summed E-state index contributed by atoms with van der Waals surface area (Å²) in [5, 5.41) is 6.34. The third-order valence-electron chi connectivity index (χ3n) is 3.54. The van der Waals surface area contributed by atoms with Crippen LogP contribution in [0.3, 0.4) is 0 Å². The molecule has 1 unspecified atom stereocenters. The molecule has 0 saturated carbocycles. The first-order valence-electron chi connectivity index (χ1n) is 7.46. The second-order valence-electron chi connectivity index (χ2n) is 5.24. The summed E-state index contributed by atoms with van der Waals surface area (Å²) in [4.78, 5) is 20.5. The van der Waals surface area contributed by atoms with Gasteiger partial charge in [0.2, 0.25) is 0 Å². The molecule has 1 amide bonds. The largest absolute Gasteiger partial charge is 0.376 e. The molecule has 120 valence electrons. The fraction of sp³-hybridized carbons (Fsp3) is 0.312. The maximum absolute atomic E-state index is 12.1. The van der Waals surface area contributed by atoms with Crippen LogP contribution >= 0.6 is 11.6 Å². The van der Waals surface area contributed by atoms with Crippen LogP contribution in [0, 0.1) is 0 Å². The van der Waals surface area contributed by atoms with E-state index in [1.165, 1.54) is 12.4 Å². The summed E-state index contributed by atoms with van der Waals surface area (Å²) in [5.41, 5.74) is 0.772. The summed E-state index contributed by atoms with van der Waals surface area (Å²) in [6, 6.07) is 7.03. The van der Waals surface area contributed by atoms with Crippen molar-refractivity contribution >= 4 is 29.0 Å². The molecule has 1 saturated heterocycles. The van der Waals surface area contributed by atoms with Crippen LogP contribution in [0.1, 0.15) is 23.3 Å². The van der Waals surface area contributed by atoms with E-state index in [-0.39, 0.29) is 17.7 Å². The third kappa shape index (κ3) is 4.18. The number of halogens is 1. The number of ether oxygens (including phenoxy) is 1. The maximum Gasteiger partial charge on any atom is 0.275 e. The zero-order valence-corrected chi connectivity index (χ0v) is 13.2. The average Bonchev–Trinajstić information content (AvgIpc) is 3.09. The van der Waals surface area contributed by atoms with Crippen molar-refractivity contribution in [1.29, 1.82) is 0 Å². The molecule has 7 heteroatoms. The third-order valence-corrected chi connectivity index (χ3v) is 3.87. The Balaban J connectivity index is 1.57. The highest BCUT2D eigenvalue weighted by atomic mass is 35.5. The number of anilines is 2. The quantitative estimate of drug-likeness (QED) is 0.880. The van der Waals surface area contributed by atoms with E-state index in [4.69, 9.17) is 16.3 Å². The van der Waals surface area contributed by atoms with Crippen molar-refractivity contribution in [3.05, 3.63) is 47.4 Å². The summed E-state index contributed by atoms with van der Waals surface area (Å²) >= 11 is 6.01. The number of nitrogens with one attached hydrogen (secondary N) is 2. The van der Waals surface area contributed by atoms with E-state index in [2.05, 4.69) is 20.6 Å². The van der Waals surface area contributed by atoms with Gasteiger partial charge in [0, 0.05) is 13.2 Å². The van der Waals surface area contributed by atoms with Gasteiger partial charge < -0.3 is 15.4 Å². The van der Waals surface area contributed by atoms with Crippen molar-refractivity contribution in [2.24, 2.45) is 0 Å². The Morgan fingerprint density at radius 3 is 2.87 bits per heavy atom. The number of rotatable bonds is 5. The number of benzene rings is 1. The van der Waals surface area contributed by atoms with Crippen molar-refractivity contribution in [2.45, 2.75) is 18.9 Å². The van der Waals surface area contributed by atoms with Crippen LogP contribution in [-0.4, -0.2) is 35.1 Å². The molecule has 6 nitrogen and oxygen atoms in total. The molecule has 1 aliphatic rings. The van der Waals surface area contributed by atoms with Crippen molar-refractivity contribution in [2.75, 3.05) is 23.8 Å². The maximum atomic E-state index is 12.1. The molecule has 0 radical (unpaired) electrons. The monoisotopic (exact) mass is 332 g/mol. The summed E-state index contributed by atoms with van der Waals surface area (Å²) in [5.74, 6) is 0.270. The topological polar surface area (TPSA) is 76.1 Å². The molecular weight excluding hydrogens is 316 g/mol. The smallest absolute Gasteiger partial charge is 0.275 e. The van der Waals surface area contributed by atoms with Gasteiger partial charge in [0.05, 0.1) is 29.2 Å². The minimum absolute atomic E-state index is 0.222. The standard InChI is InChI=1S/C16H17ClN4O2/c17-12-5-1-2-6-13(12)21-16(22)14-9-20-15(10-18-14)19-8-11-4-3-7-23-11/h1-2,5-6,9-11H,3-4,7-8H2,(H,19,20)(H,21,22). The molecule has 1 aliphatic heterocycles. The van der Waals surface area contributed by atoms with Crippen LogP contribution in [-0.2, 0) is 4.74 Å². The number of nitrogens with zero attached hydrogens (tertiary/aromatic N) is 2. The first-order valence-corrected chi connectivity index (χ1v) is 7.83. The first kappa shape index (κ1) is 15.7. The number of hydrogen-bond acceptors (Lipinski definition) is 5. The van der Waals surface area contributed by atoms with Crippen molar-refractivity contribution < 1.29 is 9.53 Å². The molecule has 1 aromatic carbocycles. The number of carbonyl (C=O) groups is 1. The van der Waals surface area contributed by atoms with E-state index >= 15 is 0 Å². The van der Waals surface area contributed by atoms with Crippen molar-refractivity contribution in [3.8, 4) is 0 Å². The Kier molecular flexibility index (Phi) is 5.05. The summed E-state index contributed by atoms with van der Waals surface area (Å²) < 4.78 is 5.53. The Morgan fingerprint density at radius 2 is 2.17 bits per heavy atom. The van der Waals surface area contributed by atoms with Crippen LogP contribution in [0.2, 0.25) is 5.02 Å². The van der Waals surface area contributed by atoms with E-state index in [0.717, 1.165) is 19.4 Å². The Labute approximate surface area is 139 Å². The molecule has 23 heavy (non-hydrogen) atoms. The lowest BCUT2D eigenvalue weighted by Crippen LogP contribution is -2.19. The minimum Gasteiger partial charge on any atom is -0.376 e. The fourth-order valence-electron chi connectivity index (χ4n) is 2.31. The fourth-order valence-corrected chi connectivity index (χ4v) is 2.49. The number of para-hydroxylation sites is 1.